The highest BCUT2D eigenvalue weighted by Gasteiger charge is 2.19. The molecule has 4 nitrogen and oxygen atoms in total. The summed E-state index contributed by atoms with van der Waals surface area (Å²) in [6.07, 6.45) is 0.767. The molecule has 98 valence electrons. The lowest BCUT2D eigenvalue weighted by molar-refractivity contribution is 0.240. The van der Waals surface area contributed by atoms with Crippen LogP contribution in [0.3, 0.4) is 0 Å². The molecule has 2 heterocycles. The SMILES string of the molecule is O=c1[nH]c(=S)[nH]c2c1CCN(Cc1ccccc1)C2. The molecular formula is C14H15N3OS. The molecule has 1 aliphatic rings. The summed E-state index contributed by atoms with van der Waals surface area (Å²) in [6, 6.07) is 10.4. The van der Waals surface area contributed by atoms with Crippen molar-refractivity contribution in [3.63, 3.8) is 0 Å². The number of nitrogens with zero attached hydrogens (tertiary/aromatic N) is 1. The Morgan fingerprint density at radius 3 is 2.79 bits per heavy atom. The number of aromatic nitrogens is 2. The molecule has 0 fully saturated rings. The van der Waals surface area contributed by atoms with Gasteiger partial charge in [-0.1, -0.05) is 30.3 Å². The number of hydrogen-bond acceptors (Lipinski definition) is 3. The molecule has 0 atom stereocenters. The van der Waals surface area contributed by atoms with E-state index in [1.165, 1.54) is 5.56 Å². The van der Waals surface area contributed by atoms with Crippen LogP contribution in [0.15, 0.2) is 35.1 Å². The van der Waals surface area contributed by atoms with Crippen molar-refractivity contribution >= 4 is 12.2 Å². The number of hydrogen-bond donors (Lipinski definition) is 2. The van der Waals surface area contributed by atoms with Crippen LogP contribution in [0, 0.1) is 4.77 Å². The van der Waals surface area contributed by atoms with E-state index in [0.29, 0.717) is 4.77 Å². The first-order valence-corrected chi connectivity index (χ1v) is 6.74. The Kier molecular flexibility index (Phi) is 3.31. The lowest BCUT2D eigenvalue weighted by Gasteiger charge is -2.27. The van der Waals surface area contributed by atoms with Crippen molar-refractivity contribution in [1.29, 1.82) is 0 Å². The summed E-state index contributed by atoms with van der Waals surface area (Å²) < 4.78 is 0.408. The van der Waals surface area contributed by atoms with Gasteiger partial charge in [-0.05, 0) is 24.2 Å². The van der Waals surface area contributed by atoms with E-state index in [9.17, 15) is 4.79 Å². The minimum Gasteiger partial charge on any atom is -0.334 e. The summed E-state index contributed by atoms with van der Waals surface area (Å²) in [5.74, 6) is 0. The van der Waals surface area contributed by atoms with E-state index in [-0.39, 0.29) is 5.56 Å². The van der Waals surface area contributed by atoms with Gasteiger partial charge in [-0.25, -0.2) is 0 Å². The second-order valence-corrected chi connectivity index (χ2v) is 5.22. The number of fused-ring (bicyclic) bond motifs is 1. The molecule has 0 bridgehead atoms. The molecule has 1 aromatic heterocycles. The fourth-order valence-electron chi connectivity index (χ4n) is 2.51. The molecule has 0 amide bonds. The largest absolute Gasteiger partial charge is 0.334 e. The van der Waals surface area contributed by atoms with Gasteiger partial charge in [0.25, 0.3) is 5.56 Å². The lowest BCUT2D eigenvalue weighted by atomic mass is 10.1. The van der Waals surface area contributed by atoms with Gasteiger partial charge in [0.05, 0.1) is 0 Å². The number of nitrogens with one attached hydrogen (secondary N) is 2. The Morgan fingerprint density at radius 1 is 1.21 bits per heavy atom. The average Bonchev–Trinajstić information content (AvgIpc) is 2.39. The first kappa shape index (κ1) is 12.3. The minimum absolute atomic E-state index is 0.0434. The van der Waals surface area contributed by atoms with E-state index >= 15 is 0 Å². The van der Waals surface area contributed by atoms with Crippen LogP contribution >= 0.6 is 12.2 Å². The summed E-state index contributed by atoms with van der Waals surface area (Å²) in [7, 11) is 0. The molecule has 1 aliphatic heterocycles. The fraction of sp³-hybridized carbons (Fsp3) is 0.286. The van der Waals surface area contributed by atoms with Crippen molar-refractivity contribution in [2.24, 2.45) is 0 Å². The predicted molar refractivity (Wildman–Crippen MR) is 76.5 cm³/mol. The maximum Gasteiger partial charge on any atom is 0.255 e. The van der Waals surface area contributed by atoms with Crippen LogP contribution in [-0.4, -0.2) is 21.4 Å². The van der Waals surface area contributed by atoms with Crippen LogP contribution in [0.4, 0.5) is 0 Å². The normalized spacial score (nSPS) is 15.2. The Balaban J connectivity index is 1.83. The van der Waals surface area contributed by atoms with Gasteiger partial charge in [-0.2, -0.15) is 0 Å². The van der Waals surface area contributed by atoms with E-state index < -0.39 is 0 Å². The molecule has 0 aliphatic carbocycles. The van der Waals surface area contributed by atoms with Gasteiger partial charge in [0.1, 0.15) is 0 Å². The van der Waals surface area contributed by atoms with Crippen molar-refractivity contribution < 1.29 is 0 Å². The second-order valence-electron chi connectivity index (χ2n) is 4.81. The van der Waals surface area contributed by atoms with Crippen LogP contribution in [0.25, 0.3) is 0 Å². The van der Waals surface area contributed by atoms with Crippen LogP contribution in [0.2, 0.25) is 0 Å². The van der Waals surface area contributed by atoms with E-state index in [1.807, 2.05) is 18.2 Å². The molecule has 3 rings (SSSR count). The predicted octanol–water partition coefficient (Wildman–Crippen LogP) is 1.99. The zero-order chi connectivity index (χ0) is 13.2. The molecule has 2 aromatic rings. The fourth-order valence-corrected chi connectivity index (χ4v) is 2.72. The quantitative estimate of drug-likeness (QED) is 0.823. The molecule has 0 unspecified atom stereocenters. The molecule has 2 N–H and O–H groups in total. The Bertz CT molecular complexity index is 690. The van der Waals surface area contributed by atoms with Crippen molar-refractivity contribution in [2.75, 3.05) is 6.54 Å². The zero-order valence-corrected chi connectivity index (χ0v) is 11.3. The van der Waals surface area contributed by atoms with Crippen LogP contribution < -0.4 is 5.56 Å². The number of H-pyrrole nitrogens is 2. The number of benzene rings is 1. The van der Waals surface area contributed by atoms with Crippen LogP contribution in [-0.2, 0) is 19.5 Å². The molecule has 5 heteroatoms. The van der Waals surface area contributed by atoms with E-state index in [1.54, 1.807) is 0 Å². The van der Waals surface area contributed by atoms with Crippen molar-refractivity contribution in [1.82, 2.24) is 14.9 Å². The maximum absolute atomic E-state index is 11.8. The molecule has 1 aromatic carbocycles. The van der Waals surface area contributed by atoms with Gasteiger partial charge in [0, 0.05) is 30.9 Å². The minimum atomic E-state index is -0.0434. The maximum atomic E-state index is 11.8. The van der Waals surface area contributed by atoms with Crippen LogP contribution in [0.5, 0.6) is 0 Å². The Hall–Kier alpha value is -1.72. The first-order chi connectivity index (χ1) is 9.22. The number of aromatic amines is 2. The summed E-state index contributed by atoms with van der Waals surface area (Å²) in [5, 5.41) is 0. The van der Waals surface area contributed by atoms with Crippen molar-refractivity contribution in [2.45, 2.75) is 19.5 Å². The third-order valence-electron chi connectivity index (χ3n) is 3.44. The lowest BCUT2D eigenvalue weighted by Crippen LogP contribution is -2.34. The Labute approximate surface area is 116 Å². The van der Waals surface area contributed by atoms with Gasteiger partial charge >= 0.3 is 0 Å². The van der Waals surface area contributed by atoms with Crippen LogP contribution in [0.1, 0.15) is 16.8 Å². The van der Waals surface area contributed by atoms with Gasteiger partial charge < -0.3 is 4.98 Å². The molecule has 0 saturated carbocycles. The standard InChI is InChI=1S/C14H15N3OS/c18-13-11-6-7-17(8-10-4-2-1-3-5-10)9-12(11)15-14(19)16-13/h1-5H,6-9H2,(H2,15,16,18,19). The van der Waals surface area contributed by atoms with Gasteiger partial charge in [0.15, 0.2) is 4.77 Å². The highest BCUT2D eigenvalue weighted by Crippen LogP contribution is 2.15. The van der Waals surface area contributed by atoms with E-state index in [2.05, 4.69) is 27.0 Å². The van der Waals surface area contributed by atoms with Gasteiger partial charge in [-0.3, -0.25) is 14.7 Å². The average molecular weight is 273 g/mol. The second kappa shape index (κ2) is 5.11. The summed E-state index contributed by atoms with van der Waals surface area (Å²) in [4.78, 5) is 19.9. The molecular weight excluding hydrogens is 258 g/mol. The van der Waals surface area contributed by atoms with E-state index in [4.69, 9.17) is 12.2 Å². The van der Waals surface area contributed by atoms with Crippen molar-refractivity contribution in [3.05, 3.63) is 62.3 Å². The topological polar surface area (TPSA) is 51.9 Å². The zero-order valence-electron chi connectivity index (χ0n) is 10.5. The molecule has 0 saturated heterocycles. The highest BCUT2D eigenvalue weighted by molar-refractivity contribution is 7.71. The third-order valence-corrected chi connectivity index (χ3v) is 3.64. The molecule has 19 heavy (non-hydrogen) atoms. The molecule has 0 spiro atoms. The third kappa shape index (κ3) is 2.67. The highest BCUT2D eigenvalue weighted by atomic mass is 32.1. The van der Waals surface area contributed by atoms with Gasteiger partial charge in [0.2, 0.25) is 0 Å². The number of rotatable bonds is 2. The first-order valence-electron chi connectivity index (χ1n) is 6.33. The van der Waals surface area contributed by atoms with E-state index in [0.717, 1.165) is 37.3 Å². The smallest absolute Gasteiger partial charge is 0.255 e. The monoisotopic (exact) mass is 273 g/mol. The van der Waals surface area contributed by atoms with Crippen molar-refractivity contribution in [3.8, 4) is 0 Å². The van der Waals surface area contributed by atoms with Gasteiger partial charge in [-0.15, -0.1) is 0 Å². The summed E-state index contributed by atoms with van der Waals surface area (Å²) in [5.41, 5.74) is 3.04. The Morgan fingerprint density at radius 2 is 2.00 bits per heavy atom. The summed E-state index contributed by atoms with van der Waals surface area (Å²) in [6.45, 7) is 2.54. The summed E-state index contributed by atoms with van der Waals surface area (Å²) >= 11 is 5.02. The molecule has 0 radical (unpaired) electrons.